The summed E-state index contributed by atoms with van der Waals surface area (Å²) in [5.41, 5.74) is 6.17. The van der Waals surface area contributed by atoms with Crippen molar-refractivity contribution in [2.75, 3.05) is 23.8 Å². The Morgan fingerprint density at radius 1 is 1.63 bits per heavy atom. The van der Waals surface area contributed by atoms with E-state index in [9.17, 15) is 8.42 Å². The van der Waals surface area contributed by atoms with E-state index in [-0.39, 0.29) is 5.75 Å². The molecule has 2 heterocycles. The third-order valence-corrected chi connectivity index (χ3v) is 6.52. The Morgan fingerprint density at radius 2 is 2.42 bits per heavy atom. The third kappa shape index (κ3) is 3.50. The van der Waals surface area contributed by atoms with Gasteiger partial charge in [-0.05, 0) is 0 Å². The molecule has 0 aromatic carbocycles. The van der Waals surface area contributed by atoms with E-state index < -0.39 is 15.2 Å². The Labute approximate surface area is 117 Å². The standard InChI is InChI=1S/C11H19N3O3S2/c1-2-19(15,16)11-8-18-4-3-14(11)7-10-5-9(6-12)13-17-10/h5,11H,2-4,6-8,12H2,1H3. The average molecular weight is 305 g/mol. The maximum absolute atomic E-state index is 12.1. The van der Waals surface area contributed by atoms with E-state index in [2.05, 4.69) is 5.16 Å². The first-order valence-corrected chi connectivity index (χ1v) is 9.11. The van der Waals surface area contributed by atoms with E-state index in [0.717, 1.165) is 12.3 Å². The normalized spacial score (nSPS) is 21.7. The molecule has 0 amide bonds. The largest absolute Gasteiger partial charge is 0.360 e. The molecule has 8 heteroatoms. The zero-order valence-corrected chi connectivity index (χ0v) is 12.5. The monoisotopic (exact) mass is 305 g/mol. The molecule has 1 saturated heterocycles. The van der Waals surface area contributed by atoms with Gasteiger partial charge in [-0.2, -0.15) is 11.8 Å². The molecule has 0 radical (unpaired) electrons. The van der Waals surface area contributed by atoms with E-state index in [0.29, 0.717) is 30.3 Å². The predicted molar refractivity (Wildman–Crippen MR) is 75.4 cm³/mol. The zero-order valence-electron chi connectivity index (χ0n) is 10.9. The van der Waals surface area contributed by atoms with Gasteiger partial charge in [-0.25, -0.2) is 8.42 Å². The molecule has 0 aliphatic carbocycles. The number of hydrogen-bond acceptors (Lipinski definition) is 7. The lowest BCUT2D eigenvalue weighted by Gasteiger charge is -2.33. The molecule has 1 aromatic heterocycles. The van der Waals surface area contributed by atoms with Crippen molar-refractivity contribution in [2.45, 2.75) is 25.4 Å². The van der Waals surface area contributed by atoms with Crippen molar-refractivity contribution in [3.05, 3.63) is 17.5 Å². The topological polar surface area (TPSA) is 89.4 Å². The maximum Gasteiger partial charge on any atom is 0.166 e. The zero-order chi connectivity index (χ0) is 13.9. The van der Waals surface area contributed by atoms with Crippen LogP contribution in [0.15, 0.2) is 10.6 Å². The second kappa shape index (κ2) is 6.25. The van der Waals surface area contributed by atoms with E-state index in [1.54, 1.807) is 24.8 Å². The number of rotatable bonds is 5. The minimum Gasteiger partial charge on any atom is -0.360 e. The Morgan fingerprint density at radius 3 is 3.05 bits per heavy atom. The summed E-state index contributed by atoms with van der Waals surface area (Å²) < 4.78 is 29.4. The summed E-state index contributed by atoms with van der Waals surface area (Å²) in [4.78, 5) is 1.95. The number of sulfone groups is 1. The van der Waals surface area contributed by atoms with Gasteiger partial charge in [-0.15, -0.1) is 0 Å². The molecule has 1 unspecified atom stereocenters. The Bertz CT molecular complexity index is 515. The number of nitrogens with zero attached hydrogens (tertiary/aromatic N) is 2. The number of thioether (sulfide) groups is 1. The van der Waals surface area contributed by atoms with Gasteiger partial charge >= 0.3 is 0 Å². The molecule has 1 aliphatic heterocycles. The fraction of sp³-hybridized carbons (Fsp3) is 0.727. The molecule has 0 spiro atoms. The van der Waals surface area contributed by atoms with Crippen LogP contribution in [0.25, 0.3) is 0 Å². The maximum atomic E-state index is 12.1. The SMILES string of the molecule is CCS(=O)(=O)C1CSCCN1Cc1cc(CN)no1. The van der Waals surface area contributed by atoms with E-state index >= 15 is 0 Å². The molecule has 1 aromatic rings. The number of aromatic nitrogens is 1. The Hall–Kier alpha value is -0.570. The first kappa shape index (κ1) is 14.8. The fourth-order valence-corrected chi connectivity index (χ4v) is 5.13. The van der Waals surface area contributed by atoms with Crippen LogP contribution in [-0.4, -0.2) is 47.7 Å². The summed E-state index contributed by atoms with van der Waals surface area (Å²) in [5.74, 6) is 2.39. The summed E-state index contributed by atoms with van der Waals surface area (Å²) in [6, 6.07) is 1.79. The molecule has 19 heavy (non-hydrogen) atoms. The molecule has 6 nitrogen and oxygen atoms in total. The van der Waals surface area contributed by atoms with Gasteiger partial charge in [-0.3, -0.25) is 4.90 Å². The van der Waals surface area contributed by atoms with Crippen molar-refractivity contribution >= 4 is 21.6 Å². The molecule has 1 aliphatic rings. The lowest BCUT2D eigenvalue weighted by atomic mass is 10.3. The van der Waals surface area contributed by atoms with Crippen molar-refractivity contribution < 1.29 is 12.9 Å². The van der Waals surface area contributed by atoms with Crippen LogP contribution >= 0.6 is 11.8 Å². The van der Waals surface area contributed by atoms with Crippen LogP contribution in [-0.2, 0) is 22.9 Å². The van der Waals surface area contributed by atoms with Crippen molar-refractivity contribution in [3.63, 3.8) is 0 Å². The highest BCUT2D eigenvalue weighted by molar-refractivity contribution is 8.01. The first-order valence-electron chi connectivity index (χ1n) is 6.24. The highest BCUT2D eigenvalue weighted by atomic mass is 32.2. The van der Waals surface area contributed by atoms with E-state index in [4.69, 9.17) is 10.3 Å². The highest BCUT2D eigenvalue weighted by Crippen LogP contribution is 2.23. The van der Waals surface area contributed by atoms with Crippen molar-refractivity contribution in [3.8, 4) is 0 Å². The van der Waals surface area contributed by atoms with Gasteiger partial charge in [0.2, 0.25) is 0 Å². The number of hydrogen-bond donors (Lipinski definition) is 1. The summed E-state index contributed by atoms with van der Waals surface area (Å²) in [6.45, 7) is 3.23. The summed E-state index contributed by atoms with van der Waals surface area (Å²) in [6.07, 6.45) is 0. The van der Waals surface area contributed by atoms with Crippen molar-refractivity contribution in [1.29, 1.82) is 0 Å². The van der Waals surface area contributed by atoms with Gasteiger partial charge in [0.15, 0.2) is 15.6 Å². The van der Waals surface area contributed by atoms with Crippen LogP contribution in [0.3, 0.4) is 0 Å². The molecule has 0 bridgehead atoms. The number of nitrogens with two attached hydrogens (primary N) is 1. The molecular formula is C11H19N3O3S2. The van der Waals surface area contributed by atoms with Gasteiger partial charge in [0.25, 0.3) is 0 Å². The third-order valence-electron chi connectivity index (χ3n) is 3.18. The van der Waals surface area contributed by atoms with Crippen LogP contribution in [0.2, 0.25) is 0 Å². The van der Waals surface area contributed by atoms with Crippen LogP contribution < -0.4 is 5.73 Å². The van der Waals surface area contributed by atoms with Gasteiger partial charge in [-0.1, -0.05) is 12.1 Å². The van der Waals surface area contributed by atoms with Gasteiger partial charge in [0.1, 0.15) is 5.37 Å². The van der Waals surface area contributed by atoms with Gasteiger partial charge in [0, 0.05) is 36.4 Å². The quantitative estimate of drug-likeness (QED) is 0.844. The van der Waals surface area contributed by atoms with Gasteiger partial charge in [0.05, 0.1) is 12.2 Å². The molecular weight excluding hydrogens is 286 g/mol. The Balaban J connectivity index is 2.11. The smallest absolute Gasteiger partial charge is 0.166 e. The first-order chi connectivity index (χ1) is 9.06. The van der Waals surface area contributed by atoms with Crippen molar-refractivity contribution in [2.24, 2.45) is 5.73 Å². The molecule has 1 atom stereocenters. The van der Waals surface area contributed by atoms with Crippen LogP contribution in [0.4, 0.5) is 0 Å². The molecule has 0 saturated carbocycles. The minimum absolute atomic E-state index is 0.166. The highest BCUT2D eigenvalue weighted by Gasteiger charge is 2.33. The van der Waals surface area contributed by atoms with Gasteiger partial charge < -0.3 is 10.3 Å². The summed E-state index contributed by atoms with van der Waals surface area (Å²) >= 11 is 1.68. The Kier molecular flexibility index (Phi) is 4.88. The van der Waals surface area contributed by atoms with E-state index in [1.807, 2.05) is 4.90 Å². The van der Waals surface area contributed by atoms with Crippen LogP contribution in [0, 0.1) is 0 Å². The lowest BCUT2D eigenvalue weighted by molar-refractivity contribution is 0.227. The minimum atomic E-state index is -3.07. The molecule has 2 rings (SSSR count). The van der Waals surface area contributed by atoms with Crippen molar-refractivity contribution in [1.82, 2.24) is 10.1 Å². The van der Waals surface area contributed by atoms with Crippen LogP contribution in [0.1, 0.15) is 18.4 Å². The van der Waals surface area contributed by atoms with E-state index in [1.165, 1.54) is 0 Å². The second-order valence-corrected chi connectivity index (χ2v) is 8.04. The lowest BCUT2D eigenvalue weighted by Crippen LogP contribution is -2.47. The average Bonchev–Trinajstić information content (AvgIpc) is 2.87. The summed E-state index contributed by atoms with van der Waals surface area (Å²) in [7, 11) is -3.07. The second-order valence-electron chi connectivity index (χ2n) is 4.44. The fourth-order valence-electron chi connectivity index (χ4n) is 2.05. The van der Waals surface area contributed by atoms with Crippen LogP contribution in [0.5, 0.6) is 0 Å². The summed E-state index contributed by atoms with van der Waals surface area (Å²) in [5, 5.41) is 3.40. The molecule has 2 N–H and O–H groups in total. The molecule has 1 fully saturated rings. The predicted octanol–water partition coefficient (Wildman–Crippen LogP) is 0.443. The molecule has 108 valence electrons.